The van der Waals surface area contributed by atoms with E-state index in [1.807, 2.05) is 30.3 Å². The zero-order chi connectivity index (χ0) is 21.4. The Hall–Kier alpha value is -2.38. The maximum atomic E-state index is 11.4. The third-order valence-electron chi connectivity index (χ3n) is 7.50. The van der Waals surface area contributed by atoms with Gasteiger partial charge in [0.25, 0.3) is 0 Å². The van der Waals surface area contributed by atoms with Crippen LogP contribution in [0.4, 0.5) is 4.79 Å². The minimum Gasteiger partial charge on any atom is -0.465 e. The second-order valence-electron chi connectivity index (χ2n) is 9.30. The van der Waals surface area contributed by atoms with Crippen molar-refractivity contribution in [2.24, 2.45) is 0 Å². The van der Waals surface area contributed by atoms with Crippen molar-refractivity contribution < 1.29 is 9.90 Å². The molecule has 2 bridgehead atoms. The molecule has 0 radical (unpaired) electrons. The molecule has 166 valence electrons. The second kappa shape index (κ2) is 8.63. The molecule has 5 rings (SSSR count). The number of fused-ring (bicyclic) bond motifs is 3. The Morgan fingerprint density at radius 2 is 1.97 bits per heavy atom. The third kappa shape index (κ3) is 4.08. The normalized spacial score (nSPS) is 26.4. The van der Waals surface area contributed by atoms with Crippen LogP contribution in [0.3, 0.4) is 0 Å². The van der Waals surface area contributed by atoms with Crippen LogP contribution in [0.2, 0.25) is 0 Å². The molecule has 0 spiro atoms. The standard InChI is InChI=1S/C24H33N5O2/c1-16-26-22-9-11-25-15-23(22)29(16)20-13-18-7-8-19(14-20)28(18)12-10-21(27-24(30)31)17-5-3-2-4-6-17/h2-6,18-21,25,27H,7-15H2,1H3,(H,30,31)/t18-,19+,20+,21-/m0/s1. The van der Waals surface area contributed by atoms with Crippen LogP contribution in [0, 0.1) is 6.92 Å². The molecule has 0 unspecified atom stereocenters. The molecular formula is C24H33N5O2. The fourth-order valence-corrected chi connectivity index (χ4v) is 6.19. The van der Waals surface area contributed by atoms with Crippen molar-refractivity contribution >= 4 is 6.09 Å². The molecule has 2 fully saturated rings. The zero-order valence-corrected chi connectivity index (χ0v) is 18.3. The van der Waals surface area contributed by atoms with Crippen molar-refractivity contribution in [3.8, 4) is 0 Å². The highest BCUT2D eigenvalue weighted by Gasteiger charge is 2.42. The largest absolute Gasteiger partial charge is 0.465 e. The summed E-state index contributed by atoms with van der Waals surface area (Å²) in [5.41, 5.74) is 3.73. The SMILES string of the molecule is Cc1nc2c(n1[C@H]1C[C@H]3CC[C@@H](C1)N3CC[C@H](NC(=O)O)c1ccccc1)CNCC2. The van der Waals surface area contributed by atoms with Gasteiger partial charge in [0.1, 0.15) is 5.82 Å². The molecule has 2 saturated heterocycles. The molecule has 7 nitrogen and oxygen atoms in total. The Morgan fingerprint density at radius 3 is 2.68 bits per heavy atom. The van der Waals surface area contributed by atoms with Crippen molar-refractivity contribution in [2.45, 2.75) is 76.2 Å². The molecule has 0 aliphatic carbocycles. The number of aromatic nitrogens is 2. The summed E-state index contributed by atoms with van der Waals surface area (Å²) >= 11 is 0. The molecule has 4 heterocycles. The number of hydrogen-bond acceptors (Lipinski definition) is 4. The lowest BCUT2D eigenvalue weighted by atomic mass is 9.95. The predicted octanol–water partition coefficient (Wildman–Crippen LogP) is 3.40. The average Bonchev–Trinajstić information content (AvgIpc) is 3.22. The van der Waals surface area contributed by atoms with Gasteiger partial charge in [-0.15, -0.1) is 0 Å². The van der Waals surface area contributed by atoms with Gasteiger partial charge in [-0.1, -0.05) is 30.3 Å². The predicted molar refractivity (Wildman–Crippen MR) is 119 cm³/mol. The number of aryl methyl sites for hydroxylation is 1. The van der Waals surface area contributed by atoms with Gasteiger partial charge >= 0.3 is 6.09 Å². The molecule has 1 aromatic heterocycles. The first kappa shape index (κ1) is 20.5. The monoisotopic (exact) mass is 423 g/mol. The molecule has 31 heavy (non-hydrogen) atoms. The summed E-state index contributed by atoms with van der Waals surface area (Å²) in [5, 5.41) is 15.6. The van der Waals surface area contributed by atoms with Gasteiger partial charge in [0.15, 0.2) is 0 Å². The summed E-state index contributed by atoms with van der Waals surface area (Å²) in [4.78, 5) is 18.9. The number of nitrogens with zero attached hydrogens (tertiary/aromatic N) is 3. The Bertz CT molecular complexity index is 914. The number of carboxylic acid groups (broad SMARTS) is 1. The summed E-state index contributed by atoms with van der Waals surface area (Å²) in [7, 11) is 0. The van der Waals surface area contributed by atoms with Crippen molar-refractivity contribution in [1.29, 1.82) is 0 Å². The van der Waals surface area contributed by atoms with Crippen LogP contribution in [-0.2, 0) is 13.0 Å². The van der Waals surface area contributed by atoms with Crippen molar-refractivity contribution in [1.82, 2.24) is 25.1 Å². The maximum Gasteiger partial charge on any atom is 0.405 e. The molecule has 3 aliphatic rings. The lowest BCUT2D eigenvalue weighted by Gasteiger charge is -2.41. The number of rotatable bonds is 6. The van der Waals surface area contributed by atoms with E-state index in [9.17, 15) is 9.90 Å². The first-order chi connectivity index (χ1) is 15.1. The van der Waals surface area contributed by atoms with Gasteiger partial charge in [-0.25, -0.2) is 9.78 Å². The van der Waals surface area contributed by atoms with Crippen LogP contribution in [-0.4, -0.2) is 50.8 Å². The van der Waals surface area contributed by atoms with E-state index >= 15 is 0 Å². The Labute approximate surface area is 183 Å². The van der Waals surface area contributed by atoms with Crippen LogP contribution in [0.5, 0.6) is 0 Å². The van der Waals surface area contributed by atoms with Gasteiger partial charge in [0.05, 0.1) is 17.4 Å². The highest BCUT2D eigenvalue weighted by atomic mass is 16.4. The fourth-order valence-electron chi connectivity index (χ4n) is 6.19. The molecule has 1 amide bonds. The molecule has 7 heteroatoms. The lowest BCUT2D eigenvalue weighted by molar-refractivity contribution is 0.0996. The van der Waals surface area contributed by atoms with Gasteiger partial charge in [0.2, 0.25) is 0 Å². The molecule has 3 aliphatic heterocycles. The molecule has 4 atom stereocenters. The molecule has 1 aromatic carbocycles. The number of carbonyl (C=O) groups is 1. The van der Waals surface area contributed by atoms with Crippen molar-refractivity contribution in [2.75, 3.05) is 13.1 Å². The average molecular weight is 424 g/mol. The van der Waals surface area contributed by atoms with Crippen molar-refractivity contribution in [3.05, 3.63) is 53.1 Å². The van der Waals surface area contributed by atoms with Gasteiger partial charge < -0.3 is 20.3 Å². The molecule has 0 saturated carbocycles. The van der Waals surface area contributed by atoms with E-state index in [-0.39, 0.29) is 6.04 Å². The number of hydrogen-bond donors (Lipinski definition) is 3. The van der Waals surface area contributed by atoms with E-state index in [1.54, 1.807) is 0 Å². The smallest absolute Gasteiger partial charge is 0.405 e. The lowest BCUT2D eigenvalue weighted by Crippen LogP contribution is -2.45. The Kier molecular flexibility index (Phi) is 5.71. The van der Waals surface area contributed by atoms with Gasteiger partial charge in [-0.2, -0.15) is 0 Å². The third-order valence-corrected chi connectivity index (χ3v) is 7.50. The summed E-state index contributed by atoms with van der Waals surface area (Å²) in [5.74, 6) is 1.17. The number of nitrogens with one attached hydrogen (secondary N) is 2. The number of amides is 1. The van der Waals surface area contributed by atoms with E-state index in [0.717, 1.165) is 38.0 Å². The van der Waals surface area contributed by atoms with E-state index < -0.39 is 6.09 Å². The zero-order valence-electron chi connectivity index (χ0n) is 18.3. The van der Waals surface area contributed by atoms with Gasteiger partial charge in [0, 0.05) is 44.2 Å². The molecular weight excluding hydrogens is 390 g/mol. The van der Waals surface area contributed by atoms with E-state index in [0.29, 0.717) is 18.1 Å². The minimum absolute atomic E-state index is 0.162. The number of imidazole rings is 1. The quantitative estimate of drug-likeness (QED) is 0.663. The maximum absolute atomic E-state index is 11.4. The first-order valence-electron chi connectivity index (χ1n) is 11.7. The highest BCUT2D eigenvalue weighted by Crippen LogP contribution is 2.42. The summed E-state index contributed by atoms with van der Waals surface area (Å²) in [6, 6.07) is 11.5. The summed E-state index contributed by atoms with van der Waals surface area (Å²) in [6.07, 6.45) is 5.72. The van der Waals surface area contributed by atoms with E-state index in [2.05, 4.69) is 27.0 Å². The van der Waals surface area contributed by atoms with Crippen molar-refractivity contribution in [3.63, 3.8) is 0 Å². The van der Waals surface area contributed by atoms with Crippen LogP contribution in [0.1, 0.15) is 67.0 Å². The number of piperidine rings is 1. The van der Waals surface area contributed by atoms with Crippen LogP contribution in [0.25, 0.3) is 0 Å². The van der Waals surface area contributed by atoms with Crippen LogP contribution < -0.4 is 10.6 Å². The van der Waals surface area contributed by atoms with E-state index in [4.69, 9.17) is 4.98 Å². The highest BCUT2D eigenvalue weighted by molar-refractivity contribution is 5.65. The molecule has 3 N–H and O–H groups in total. The molecule has 2 aromatic rings. The Morgan fingerprint density at radius 1 is 1.23 bits per heavy atom. The van der Waals surface area contributed by atoms with Gasteiger partial charge in [-0.3, -0.25) is 4.90 Å². The van der Waals surface area contributed by atoms with Crippen LogP contribution >= 0.6 is 0 Å². The summed E-state index contributed by atoms with van der Waals surface area (Å²) < 4.78 is 2.53. The number of benzene rings is 1. The minimum atomic E-state index is -0.954. The second-order valence-corrected chi connectivity index (χ2v) is 9.30. The van der Waals surface area contributed by atoms with Gasteiger partial charge in [-0.05, 0) is 44.6 Å². The Balaban J connectivity index is 1.27. The van der Waals surface area contributed by atoms with E-state index in [1.165, 1.54) is 42.9 Å². The first-order valence-corrected chi connectivity index (χ1v) is 11.7. The van der Waals surface area contributed by atoms with Crippen LogP contribution in [0.15, 0.2) is 30.3 Å². The summed E-state index contributed by atoms with van der Waals surface area (Å²) in [6.45, 7) is 5.06. The fraction of sp³-hybridized carbons (Fsp3) is 0.583. The topological polar surface area (TPSA) is 82.4 Å².